The minimum absolute atomic E-state index is 0.0625. The number of benzene rings is 2. The van der Waals surface area contributed by atoms with Gasteiger partial charge in [0.2, 0.25) is 0 Å². The monoisotopic (exact) mass is 475 g/mol. The number of rotatable bonds is 6. The Kier molecular flexibility index (Phi) is 6.99. The van der Waals surface area contributed by atoms with Gasteiger partial charge in [0, 0.05) is 27.7 Å². The van der Waals surface area contributed by atoms with Crippen LogP contribution < -0.4 is 4.74 Å². The molecule has 1 amide bonds. The second-order valence-corrected chi connectivity index (χ2v) is 10.5. The van der Waals surface area contributed by atoms with Gasteiger partial charge in [0.05, 0.1) is 11.5 Å². The van der Waals surface area contributed by atoms with E-state index in [1.54, 1.807) is 36.4 Å². The summed E-state index contributed by atoms with van der Waals surface area (Å²) in [5, 5.41) is 1.52. The van der Waals surface area contributed by atoms with E-state index in [1.165, 1.54) is 4.90 Å². The average molecular weight is 477 g/mol. The number of aryl methyl sites for hydroxylation is 1. The van der Waals surface area contributed by atoms with Crippen molar-refractivity contribution in [1.82, 2.24) is 4.90 Å². The van der Waals surface area contributed by atoms with Crippen LogP contribution in [0, 0.1) is 6.92 Å². The smallest absolute Gasteiger partial charge is 0.261 e. The quantitative estimate of drug-likeness (QED) is 0.613. The summed E-state index contributed by atoms with van der Waals surface area (Å²) in [6.45, 7) is 1.80. The standard InChI is InChI=1S/C20H20Cl3NO4S/c1-13-8-17(4-5-18(13)22)28-11-20(25)24(16-6-7-29(26,27)12-16)10-14-2-3-15(21)9-19(14)23/h2-5,8-9,16H,6-7,10-12H2,1H3. The zero-order valence-corrected chi connectivity index (χ0v) is 18.8. The maximum absolute atomic E-state index is 13.0. The number of carbonyl (C=O) groups is 1. The van der Waals surface area contributed by atoms with Crippen molar-refractivity contribution in [2.45, 2.75) is 25.9 Å². The summed E-state index contributed by atoms with van der Waals surface area (Å²) in [5.74, 6) is 0.200. The van der Waals surface area contributed by atoms with E-state index in [9.17, 15) is 13.2 Å². The molecule has 156 valence electrons. The molecule has 1 aliphatic rings. The van der Waals surface area contributed by atoms with Gasteiger partial charge in [-0.15, -0.1) is 0 Å². The molecule has 2 aromatic rings. The van der Waals surface area contributed by atoms with E-state index in [4.69, 9.17) is 39.5 Å². The van der Waals surface area contributed by atoms with Crippen LogP contribution in [0.15, 0.2) is 36.4 Å². The molecule has 0 saturated carbocycles. The highest BCUT2D eigenvalue weighted by atomic mass is 35.5. The third kappa shape index (κ3) is 5.79. The molecule has 1 unspecified atom stereocenters. The van der Waals surface area contributed by atoms with E-state index in [-0.39, 0.29) is 30.6 Å². The van der Waals surface area contributed by atoms with Gasteiger partial charge in [-0.05, 0) is 54.8 Å². The average Bonchev–Trinajstić information content (AvgIpc) is 3.01. The Morgan fingerprint density at radius 3 is 2.52 bits per heavy atom. The van der Waals surface area contributed by atoms with Crippen LogP contribution >= 0.6 is 34.8 Å². The lowest BCUT2D eigenvalue weighted by atomic mass is 10.1. The predicted octanol–water partition coefficient (Wildman–Crippen LogP) is 4.55. The van der Waals surface area contributed by atoms with Gasteiger partial charge in [-0.2, -0.15) is 0 Å². The fourth-order valence-electron chi connectivity index (χ4n) is 3.21. The number of nitrogens with zero attached hydrogens (tertiary/aromatic N) is 1. The largest absolute Gasteiger partial charge is 0.484 e. The molecule has 0 radical (unpaired) electrons. The third-order valence-electron chi connectivity index (χ3n) is 4.82. The maximum atomic E-state index is 13.0. The van der Waals surface area contributed by atoms with Crippen LogP contribution in [0.1, 0.15) is 17.5 Å². The first-order valence-corrected chi connectivity index (χ1v) is 11.9. The summed E-state index contributed by atoms with van der Waals surface area (Å²) in [7, 11) is -3.16. The zero-order valence-electron chi connectivity index (χ0n) is 15.7. The van der Waals surface area contributed by atoms with Gasteiger partial charge >= 0.3 is 0 Å². The van der Waals surface area contributed by atoms with Gasteiger partial charge < -0.3 is 9.64 Å². The topological polar surface area (TPSA) is 63.7 Å². The van der Waals surface area contributed by atoms with Crippen molar-refractivity contribution in [3.8, 4) is 5.75 Å². The van der Waals surface area contributed by atoms with Gasteiger partial charge in [-0.3, -0.25) is 4.79 Å². The van der Waals surface area contributed by atoms with Gasteiger partial charge in [0.1, 0.15) is 5.75 Å². The van der Waals surface area contributed by atoms with Crippen molar-refractivity contribution >= 4 is 50.5 Å². The highest BCUT2D eigenvalue weighted by molar-refractivity contribution is 7.91. The Balaban J connectivity index is 1.77. The Bertz CT molecular complexity index is 1030. The molecule has 3 rings (SSSR count). The highest BCUT2D eigenvalue weighted by Gasteiger charge is 2.35. The number of amides is 1. The Morgan fingerprint density at radius 2 is 1.90 bits per heavy atom. The number of halogens is 3. The van der Waals surface area contributed by atoms with Gasteiger partial charge in [-0.25, -0.2) is 8.42 Å². The normalized spacial score (nSPS) is 17.9. The van der Waals surface area contributed by atoms with Gasteiger partial charge in [0.15, 0.2) is 16.4 Å². The van der Waals surface area contributed by atoms with E-state index in [1.807, 2.05) is 6.92 Å². The molecule has 0 aromatic heterocycles. The molecule has 29 heavy (non-hydrogen) atoms. The SMILES string of the molecule is Cc1cc(OCC(=O)N(Cc2ccc(Cl)cc2Cl)C2CCS(=O)(=O)C2)ccc1Cl. The highest BCUT2D eigenvalue weighted by Crippen LogP contribution is 2.26. The van der Waals surface area contributed by atoms with E-state index in [0.29, 0.717) is 32.8 Å². The van der Waals surface area contributed by atoms with Gasteiger partial charge in [-0.1, -0.05) is 40.9 Å². The first kappa shape index (κ1) is 22.2. The minimum Gasteiger partial charge on any atom is -0.484 e. The zero-order chi connectivity index (χ0) is 21.2. The van der Waals surface area contributed by atoms with Gasteiger partial charge in [0.25, 0.3) is 5.91 Å². The summed E-state index contributed by atoms with van der Waals surface area (Å²) in [6, 6.07) is 9.72. The van der Waals surface area contributed by atoms with Crippen LogP contribution in [0.4, 0.5) is 0 Å². The Morgan fingerprint density at radius 1 is 1.14 bits per heavy atom. The third-order valence-corrected chi connectivity index (χ3v) is 7.58. The fourth-order valence-corrected chi connectivity index (χ4v) is 5.53. The molecule has 0 aliphatic carbocycles. The molecule has 1 saturated heterocycles. The Labute approximate surface area is 185 Å². The van der Waals surface area contributed by atoms with Crippen LogP contribution in [0.2, 0.25) is 15.1 Å². The number of hydrogen-bond donors (Lipinski definition) is 0. The minimum atomic E-state index is -3.16. The molecule has 2 aromatic carbocycles. The second kappa shape index (κ2) is 9.13. The molecule has 1 aliphatic heterocycles. The van der Waals surface area contributed by atoms with Crippen molar-refractivity contribution in [3.05, 3.63) is 62.6 Å². The summed E-state index contributed by atoms with van der Waals surface area (Å²) < 4.78 is 29.5. The molecule has 0 bridgehead atoms. The van der Waals surface area contributed by atoms with E-state index < -0.39 is 15.9 Å². The second-order valence-electron chi connectivity index (χ2n) is 7.01. The molecule has 0 spiro atoms. The molecular weight excluding hydrogens is 457 g/mol. The fraction of sp³-hybridized carbons (Fsp3) is 0.350. The van der Waals surface area contributed by atoms with Crippen molar-refractivity contribution in [2.24, 2.45) is 0 Å². The van der Waals surface area contributed by atoms with Crippen molar-refractivity contribution in [1.29, 1.82) is 0 Å². The first-order chi connectivity index (χ1) is 13.6. The van der Waals surface area contributed by atoms with Crippen LogP contribution in [0.5, 0.6) is 5.75 Å². The number of hydrogen-bond acceptors (Lipinski definition) is 4. The van der Waals surface area contributed by atoms with Crippen LogP contribution in [0.25, 0.3) is 0 Å². The number of carbonyl (C=O) groups excluding carboxylic acids is 1. The first-order valence-electron chi connectivity index (χ1n) is 8.97. The van der Waals surface area contributed by atoms with Crippen LogP contribution in [-0.4, -0.2) is 43.4 Å². The maximum Gasteiger partial charge on any atom is 0.261 e. The van der Waals surface area contributed by atoms with E-state index >= 15 is 0 Å². The summed E-state index contributed by atoms with van der Waals surface area (Å²) in [5.41, 5.74) is 1.53. The lowest BCUT2D eigenvalue weighted by Gasteiger charge is -2.29. The Hall–Kier alpha value is -1.47. The predicted molar refractivity (Wildman–Crippen MR) is 116 cm³/mol. The molecule has 9 heteroatoms. The lowest BCUT2D eigenvalue weighted by Crippen LogP contribution is -2.43. The lowest BCUT2D eigenvalue weighted by molar-refractivity contribution is -0.136. The molecule has 0 N–H and O–H groups in total. The molecule has 1 atom stereocenters. The molecule has 5 nitrogen and oxygen atoms in total. The van der Waals surface area contributed by atoms with Crippen LogP contribution in [-0.2, 0) is 21.2 Å². The molecule has 1 fully saturated rings. The number of ether oxygens (including phenoxy) is 1. The molecule has 1 heterocycles. The summed E-state index contributed by atoms with van der Waals surface area (Å²) in [4.78, 5) is 14.5. The van der Waals surface area contributed by atoms with Crippen molar-refractivity contribution in [2.75, 3.05) is 18.1 Å². The summed E-state index contributed by atoms with van der Waals surface area (Å²) in [6.07, 6.45) is 0.388. The van der Waals surface area contributed by atoms with Crippen molar-refractivity contribution in [3.63, 3.8) is 0 Å². The number of sulfone groups is 1. The van der Waals surface area contributed by atoms with E-state index in [0.717, 1.165) is 5.56 Å². The molecular formula is C20H20Cl3NO4S. The summed E-state index contributed by atoms with van der Waals surface area (Å²) >= 11 is 18.2. The van der Waals surface area contributed by atoms with Crippen LogP contribution in [0.3, 0.4) is 0 Å². The van der Waals surface area contributed by atoms with E-state index in [2.05, 4.69) is 0 Å². The van der Waals surface area contributed by atoms with Crippen molar-refractivity contribution < 1.29 is 17.9 Å².